The molecule has 0 unspecified atom stereocenters. The van der Waals surface area contributed by atoms with E-state index >= 15 is 0 Å². The zero-order valence-electron chi connectivity index (χ0n) is 19.2. The third-order valence-corrected chi connectivity index (χ3v) is 5.98. The first-order chi connectivity index (χ1) is 16.1. The van der Waals surface area contributed by atoms with E-state index in [9.17, 15) is 9.59 Å². The predicted octanol–water partition coefficient (Wildman–Crippen LogP) is 4.32. The first-order valence-corrected chi connectivity index (χ1v) is 11.6. The van der Waals surface area contributed by atoms with Gasteiger partial charge in [0, 0.05) is 56.2 Å². The van der Waals surface area contributed by atoms with Crippen molar-refractivity contribution in [2.24, 2.45) is 0 Å². The smallest absolute Gasteiger partial charge is 0.253 e. The van der Waals surface area contributed by atoms with Gasteiger partial charge in [-0.25, -0.2) is 0 Å². The van der Waals surface area contributed by atoms with Gasteiger partial charge in [-0.1, -0.05) is 17.7 Å². The van der Waals surface area contributed by atoms with Gasteiger partial charge in [0.1, 0.15) is 5.75 Å². The van der Waals surface area contributed by atoms with Crippen LogP contribution in [0.15, 0.2) is 73.1 Å². The summed E-state index contributed by atoms with van der Waals surface area (Å²) in [5.41, 5.74) is 2.90. The molecule has 0 atom stereocenters. The van der Waals surface area contributed by atoms with E-state index in [1.165, 1.54) is 5.56 Å². The highest BCUT2D eigenvalue weighted by atomic mass is 16.5. The highest BCUT2D eigenvalue weighted by Crippen LogP contribution is 2.15. The van der Waals surface area contributed by atoms with Crippen molar-refractivity contribution < 1.29 is 14.3 Å². The zero-order valence-corrected chi connectivity index (χ0v) is 19.2. The summed E-state index contributed by atoms with van der Waals surface area (Å²) in [7, 11) is 0. The molecular weight excluding hydrogens is 414 g/mol. The second kappa shape index (κ2) is 10.9. The number of hydrogen-bond acceptors (Lipinski definition) is 3. The molecule has 1 fully saturated rings. The molecule has 172 valence electrons. The maximum atomic E-state index is 13.0. The van der Waals surface area contributed by atoms with Crippen molar-refractivity contribution in [3.63, 3.8) is 0 Å². The Bertz CT molecular complexity index is 1040. The molecule has 1 aliphatic rings. The van der Waals surface area contributed by atoms with Crippen LogP contribution < -0.4 is 4.74 Å². The quantitative estimate of drug-likeness (QED) is 0.509. The normalized spacial score (nSPS) is 14.1. The average molecular weight is 446 g/mol. The Kier molecular flexibility index (Phi) is 7.45. The summed E-state index contributed by atoms with van der Waals surface area (Å²) in [4.78, 5) is 29.4. The molecule has 0 N–H and O–H groups in total. The van der Waals surface area contributed by atoms with Gasteiger partial charge < -0.3 is 19.1 Å². The van der Waals surface area contributed by atoms with Crippen LogP contribution in [-0.4, -0.2) is 59.0 Å². The third-order valence-electron chi connectivity index (χ3n) is 5.98. The molecule has 33 heavy (non-hydrogen) atoms. The van der Waals surface area contributed by atoms with E-state index in [-0.39, 0.29) is 11.8 Å². The van der Waals surface area contributed by atoms with Crippen molar-refractivity contribution in [3.05, 3.63) is 84.2 Å². The average Bonchev–Trinajstić information content (AvgIpc) is 3.27. The van der Waals surface area contributed by atoms with Crippen LogP contribution in [-0.2, 0) is 4.79 Å². The SMILES string of the molecule is Cc1ccc(OCCCC(=O)N2CCCN(C(=O)c3ccc(-n4cccc4)cc3)CC2)cc1. The van der Waals surface area contributed by atoms with Gasteiger partial charge in [-0.15, -0.1) is 0 Å². The maximum absolute atomic E-state index is 13.0. The van der Waals surface area contributed by atoms with E-state index < -0.39 is 0 Å². The van der Waals surface area contributed by atoms with E-state index in [1.54, 1.807) is 0 Å². The third kappa shape index (κ3) is 6.04. The van der Waals surface area contributed by atoms with Crippen molar-refractivity contribution in [2.45, 2.75) is 26.2 Å². The Labute approximate surface area is 195 Å². The Balaban J connectivity index is 1.23. The van der Waals surface area contributed by atoms with Gasteiger partial charge in [0.15, 0.2) is 0 Å². The molecule has 0 bridgehead atoms. The maximum Gasteiger partial charge on any atom is 0.253 e. The number of carbonyl (C=O) groups excluding carboxylic acids is 2. The summed E-state index contributed by atoms with van der Waals surface area (Å²) in [6.07, 6.45) is 5.89. The second-order valence-corrected chi connectivity index (χ2v) is 8.43. The lowest BCUT2D eigenvalue weighted by molar-refractivity contribution is -0.131. The summed E-state index contributed by atoms with van der Waals surface area (Å²) in [6.45, 7) is 5.05. The standard InChI is InChI=1S/C27H31N3O3/c1-22-7-13-25(14-8-22)33-21-4-6-26(31)29-17-5-18-30(20-19-29)27(32)23-9-11-24(12-10-23)28-15-2-3-16-28/h2-3,7-16H,4-6,17-21H2,1H3. The molecule has 1 aromatic heterocycles. The Morgan fingerprint density at radius 1 is 0.848 bits per heavy atom. The number of carbonyl (C=O) groups is 2. The molecule has 2 amide bonds. The molecule has 0 aliphatic carbocycles. The van der Waals surface area contributed by atoms with Crippen LogP contribution in [0.25, 0.3) is 5.69 Å². The molecule has 0 radical (unpaired) electrons. The minimum Gasteiger partial charge on any atom is -0.494 e. The van der Waals surface area contributed by atoms with E-state index in [0.29, 0.717) is 51.2 Å². The van der Waals surface area contributed by atoms with Crippen LogP contribution in [0.3, 0.4) is 0 Å². The van der Waals surface area contributed by atoms with E-state index in [1.807, 2.05) is 94.3 Å². The fourth-order valence-electron chi connectivity index (χ4n) is 4.04. The first kappa shape index (κ1) is 22.6. The van der Waals surface area contributed by atoms with Crippen molar-refractivity contribution in [1.82, 2.24) is 14.4 Å². The van der Waals surface area contributed by atoms with Crippen LogP contribution >= 0.6 is 0 Å². The van der Waals surface area contributed by atoms with E-state index in [4.69, 9.17) is 4.74 Å². The van der Waals surface area contributed by atoms with Crippen LogP contribution in [0.2, 0.25) is 0 Å². The number of benzene rings is 2. The van der Waals surface area contributed by atoms with Crippen LogP contribution in [0.5, 0.6) is 5.75 Å². The number of aromatic nitrogens is 1. The van der Waals surface area contributed by atoms with Gasteiger partial charge in [0.25, 0.3) is 5.91 Å². The molecular formula is C27H31N3O3. The fraction of sp³-hybridized carbons (Fsp3) is 0.333. The van der Waals surface area contributed by atoms with Crippen molar-refractivity contribution in [2.75, 3.05) is 32.8 Å². The second-order valence-electron chi connectivity index (χ2n) is 8.43. The van der Waals surface area contributed by atoms with E-state index in [2.05, 4.69) is 0 Å². The summed E-state index contributed by atoms with van der Waals surface area (Å²) >= 11 is 0. The van der Waals surface area contributed by atoms with Crippen LogP contribution in [0.1, 0.15) is 35.2 Å². The highest BCUT2D eigenvalue weighted by molar-refractivity contribution is 5.94. The van der Waals surface area contributed by atoms with Gasteiger partial charge in [0.2, 0.25) is 5.91 Å². The molecule has 1 saturated heterocycles. The number of aryl methyl sites for hydroxylation is 1. The Morgan fingerprint density at radius 3 is 2.24 bits per heavy atom. The molecule has 4 rings (SSSR count). The fourth-order valence-corrected chi connectivity index (χ4v) is 4.04. The molecule has 2 aromatic carbocycles. The Morgan fingerprint density at radius 2 is 1.52 bits per heavy atom. The van der Waals surface area contributed by atoms with Crippen molar-refractivity contribution in [3.8, 4) is 11.4 Å². The molecule has 6 nitrogen and oxygen atoms in total. The topological polar surface area (TPSA) is 54.8 Å². The molecule has 3 aromatic rings. The number of nitrogens with zero attached hydrogens (tertiary/aromatic N) is 3. The molecule has 2 heterocycles. The van der Waals surface area contributed by atoms with Gasteiger partial charge in [-0.3, -0.25) is 9.59 Å². The summed E-state index contributed by atoms with van der Waals surface area (Å²) in [5.74, 6) is 0.987. The summed E-state index contributed by atoms with van der Waals surface area (Å²) < 4.78 is 7.74. The van der Waals surface area contributed by atoms with Crippen molar-refractivity contribution in [1.29, 1.82) is 0 Å². The van der Waals surface area contributed by atoms with Crippen molar-refractivity contribution >= 4 is 11.8 Å². The largest absolute Gasteiger partial charge is 0.494 e. The lowest BCUT2D eigenvalue weighted by Crippen LogP contribution is -2.37. The predicted molar refractivity (Wildman–Crippen MR) is 129 cm³/mol. The molecule has 1 aliphatic heterocycles. The zero-order chi connectivity index (χ0) is 23.0. The lowest BCUT2D eigenvalue weighted by atomic mass is 10.1. The lowest BCUT2D eigenvalue weighted by Gasteiger charge is -2.22. The van der Waals surface area contributed by atoms with Gasteiger partial charge in [0.05, 0.1) is 6.61 Å². The van der Waals surface area contributed by atoms with E-state index in [0.717, 1.165) is 17.9 Å². The van der Waals surface area contributed by atoms with Gasteiger partial charge in [-0.05, 0) is 68.3 Å². The number of amides is 2. The first-order valence-electron chi connectivity index (χ1n) is 11.6. The summed E-state index contributed by atoms with van der Waals surface area (Å²) in [6, 6.07) is 19.5. The number of hydrogen-bond donors (Lipinski definition) is 0. The number of ether oxygens (including phenoxy) is 1. The van der Waals surface area contributed by atoms with Gasteiger partial charge >= 0.3 is 0 Å². The Hall–Kier alpha value is -3.54. The minimum absolute atomic E-state index is 0.0230. The summed E-state index contributed by atoms with van der Waals surface area (Å²) in [5, 5.41) is 0. The van der Waals surface area contributed by atoms with Crippen LogP contribution in [0.4, 0.5) is 0 Å². The molecule has 0 saturated carbocycles. The monoisotopic (exact) mass is 445 g/mol. The molecule has 0 spiro atoms. The number of rotatable bonds is 7. The van der Waals surface area contributed by atoms with Gasteiger partial charge in [-0.2, -0.15) is 0 Å². The highest BCUT2D eigenvalue weighted by Gasteiger charge is 2.22. The van der Waals surface area contributed by atoms with Crippen LogP contribution in [0, 0.1) is 6.92 Å². The molecule has 6 heteroatoms. The minimum atomic E-state index is 0.0230.